The molecular formula is C9H12O4S. The van der Waals surface area contributed by atoms with Gasteiger partial charge in [-0.2, -0.15) is 12.6 Å². The number of hydrogen-bond donors (Lipinski definition) is 1. The summed E-state index contributed by atoms with van der Waals surface area (Å²) in [4.78, 5) is 33.1. The second-order valence-corrected chi connectivity index (χ2v) is 3.12. The van der Waals surface area contributed by atoms with Crippen LogP contribution in [0, 0.1) is 0 Å². The minimum Gasteiger partial charge on any atom is -0.443 e. The van der Waals surface area contributed by atoms with Crippen molar-refractivity contribution in [3.8, 4) is 0 Å². The monoisotopic (exact) mass is 216 g/mol. The summed E-state index contributed by atoms with van der Waals surface area (Å²) in [6, 6.07) is 0. The number of carbonyl (C=O) groups is 3. The van der Waals surface area contributed by atoms with Crippen molar-refractivity contribution in [1.29, 1.82) is 0 Å². The van der Waals surface area contributed by atoms with E-state index in [-0.39, 0.29) is 11.3 Å². The van der Waals surface area contributed by atoms with Crippen LogP contribution in [-0.4, -0.2) is 29.4 Å². The molecule has 0 amide bonds. The summed E-state index contributed by atoms with van der Waals surface area (Å²) in [5, 5.41) is 0. The molecule has 0 aliphatic rings. The lowest BCUT2D eigenvalue weighted by Gasteiger charge is -2.12. The molecule has 0 heterocycles. The average Bonchev–Trinajstić information content (AvgIpc) is 2.11. The van der Waals surface area contributed by atoms with E-state index in [1.807, 2.05) is 0 Å². The summed E-state index contributed by atoms with van der Waals surface area (Å²) in [6.45, 7) is 5.95. The minimum absolute atomic E-state index is 0.142. The Hall–Kier alpha value is -1.10. The summed E-state index contributed by atoms with van der Waals surface area (Å²) >= 11 is 3.71. The van der Waals surface area contributed by atoms with Gasteiger partial charge in [0.2, 0.25) is 6.10 Å². The van der Waals surface area contributed by atoms with E-state index in [4.69, 9.17) is 0 Å². The first-order valence-electron chi connectivity index (χ1n) is 3.90. The van der Waals surface area contributed by atoms with E-state index < -0.39 is 23.6 Å². The van der Waals surface area contributed by atoms with Gasteiger partial charge in [-0.05, 0) is 13.8 Å². The predicted molar refractivity (Wildman–Crippen MR) is 54.2 cm³/mol. The normalized spacial score (nSPS) is 11.6. The Labute approximate surface area is 87.7 Å². The van der Waals surface area contributed by atoms with Gasteiger partial charge in [-0.25, -0.2) is 4.79 Å². The molecule has 14 heavy (non-hydrogen) atoms. The number of ketones is 2. The van der Waals surface area contributed by atoms with Crippen LogP contribution < -0.4 is 0 Å². The van der Waals surface area contributed by atoms with E-state index in [1.54, 1.807) is 0 Å². The Morgan fingerprint density at radius 2 is 1.86 bits per heavy atom. The zero-order valence-corrected chi connectivity index (χ0v) is 8.97. The van der Waals surface area contributed by atoms with Gasteiger partial charge in [0.1, 0.15) is 0 Å². The SMILES string of the molecule is C=C(C)C(=O)OC(C(C)=O)C(=O)CS. The molecule has 0 aliphatic carbocycles. The van der Waals surface area contributed by atoms with Crippen LogP contribution in [0.2, 0.25) is 0 Å². The Balaban J connectivity index is 4.54. The molecule has 0 spiro atoms. The van der Waals surface area contributed by atoms with E-state index >= 15 is 0 Å². The highest BCUT2D eigenvalue weighted by Crippen LogP contribution is 2.02. The number of carbonyl (C=O) groups excluding carboxylic acids is 3. The van der Waals surface area contributed by atoms with Gasteiger partial charge in [-0.1, -0.05) is 6.58 Å². The largest absolute Gasteiger partial charge is 0.443 e. The number of esters is 1. The Kier molecular flexibility index (Phi) is 5.15. The molecule has 5 heteroatoms. The highest BCUT2D eigenvalue weighted by Gasteiger charge is 2.26. The fourth-order valence-corrected chi connectivity index (χ4v) is 0.832. The molecule has 0 rings (SSSR count). The standard InChI is InChI=1S/C9H12O4S/c1-5(2)9(12)13-8(6(3)10)7(11)4-14/h8,14H,1,4H2,2-3H3. The smallest absolute Gasteiger partial charge is 0.334 e. The summed E-state index contributed by atoms with van der Waals surface area (Å²) in [7, 11) is 0. The zero-order valence-electron chi connectivity index (χ0n) is 8.07. The molecule has 1 unspecified atom stereocenters. The van der Waals surface area contributed by atoms with Crippen LogP contribution in [0.1, 0.15) is 13.8 Å². The van der Waals surface area contributed by atoms with Gasteiger partial charge in [0.15, 0.2) is 11.6 Å². The van der Waals surface area contributed by atoms with Crippen molar-refractivity contribution < 1.29 is 19.1 Å². The fraction of sp³-hybridized carbons (Fsp3) is 0.444. The summed E-state index contributed by atoms with van der Waals surface area (Å²) in [5.74, 6) is -1.94. The molecule has 0 aliphatic heterocycles. The van der Waals surface area contributed by atoms with Gasteiger partial charge in [-0.3, -0.25) is 9.59 Å². The Morgan fingerprint density at radius 3 is 2.14 bits per heavy atom. The fourth-order valence-electron chi connectivity index (χ4n) is 0.666. The molecule has 0 saturated heterocycles. The lowest BCUT2D eigenvalue weighted by Crippen LogP contribution is -2.34. The van der Waals surface area contributed by atoms with Crippen molar-refractivity contribution in [1.82, 2.24) is 0 Å². The van der Waals surface area contributed by atoms with Crippen molar-refractivity contribution in [2.45, 2.75) is 20.0 Å². The van der Waals surface area contributed by atoms with Crippen LogP contribution in [0.4, 0.5) is 0 Å². The lowest BCUT2D eigenvalue weighted by atomic mass is 10.2. The lowest BCUT2D eigenvalue weighted by molar-refractivity contribution is -0.155. The molecule has 0 radical (unpaired) electrons. The van der Waals surface area contributed by atoms with Crippen LogP contribution >= 0.6 is 12.6 Å². The van der Waals surface area contributed by atoms with E-state index in [9.17, 15) is 14.4 Å². The third-order valence-electron chi connectivity index (χ3n) is 1.39. The van der Waals surface area contributed by atoms with E-state index in [0.717, 1.165) is 0 Å². The highest BCUT2D eigenvalue weighted by atomic mass is 32.1. The zero-order chi connectivity index (χ0) is 11.3. The maximum absolute atomic E-state index is 11.1. The molecule has 4 nitrogen and oxygen atoms in total. The van der Waals surface area contributed by atoms with E-state index in [2.05, 4.69) is 23.9 Å². The van der Waals surface area contributed by atoms with Crippen molar-refractivity contribution in [3.63, 3.8) is 0 Å². The molecule has 0 fully saturated rings. The molecule has 1 atom stereocenters. The van der Waals surface area contributed by atoms with Crippen molar-refractivity contribution in [2.75, 3.05) is 5.75 Å². The summed E-state index contributed by atoms with van der Waals surface area (Å²) in [5.41, 5.74) is 0.142. The number of ether oxygens (including phenoxy) is 1. The van der Waals surface area contributed by atoms with E-state index in [1.165, 1.54) is 13.8 Å². The van der Waals surface area contributed by atoms with Gasteiger partial charge < -0.3 is 4.74 Å². The molecule has 0 saturated carbocycles. The topological polar surface area (TPSA) is 60.4 Å². The number of hydrogen-bond acceptors (Lipinski definition) is 5. The molecule has 0 N–H and O–H groups in total. The van der Waals surface area contributed by atoms with Crippen LogP contribution in [0.15, 0.2) is 12.2 Å². The minimum atomic E-state index is -1.35. The highest BCUT2D eigenvalue weighted by molar-refractivity contribution is 7.81. The molecule has 78 valence electrons. The van der Waals surface area contributed by atoms with Gasteiger partial charge >= 0.3 is 5.97 Å². The molecule has 0 bridgehead atoms. The van der Waals surface area contributed by atoms with Crippen LogP contribution in [-0.2, 0) is 19.1 Å². The van der Waals surface area contributed by atoms with Gasteiger partial charge in [0.25, 0.3) is 0 Å². The van der Waals surface area contributed by atoms with Gasteiger partial charge in [0, 0.05) is 5.57 Å². The molecule has 0 aromatic carbocycles. The molecule has 0 aromatic heterocycles. The van der Waals surface area contributed by atoms with Crippen LogP contribution in [0.25, 0.3) is 0 Å². The van der Waals surface area contributed by atoms with Crippen LogP contribution in [0.3, 0.4) is 0 Å². The summed E-state index contributed by atoms with van der Waals surface area (Å²) < 4.78 is 4.64. The van der Waals surface area contributed by atoms with Crippen molar-refractivity contribution in [3.05, 3.63) is 12.2 Å². The Bertz CT molecular complexity index is 283. The first-order valence-corrected chi connectivity index (χ1v) is 4.54. The first kappa shape index (κ1) is 12.9. The quantitative estimate of drug-likeness (QED) is 0.316. The second-order valence-electron chi connectivity index (χ2n) is 2.80. The predicted octanol–water partition coefficient (Wildman–Crippen LogP) is 0.562. The van der Waals surface area contributed by atoms with Crippen molar-refractivity contribution in [2.24, 2.45) is 0 Å². The van der Waals surface area contributed by atoms with Gasteiger partial charge in [0.05, 0.1) is 5.75 Å². The number of thiol groups is 1. The third kappa shape index (κ3) is 3.74. The number of Topliss-reactive ketones (excluding diaryl/α,β-unsaturated/α-hetero) is 2. The number of rotatable bonds is 5. The first-order chi connectivity index (χ1) is 6.40. The Morgan fingerprint density at radius 1 is 1.36 bits per heavy atom. The molecular weight excluding hydrogens is 204 g/mol. The van der Waals surface area contributed by atoms with Crippen molar-refractivity contribution >= 4 is 30.2 Å². The summed E-state index contributed by atoms with van der Waals surface area (Å²) in [6.07, 6.45) is -1.35. The third-order valence-corrected chi connectivity index (χ3v) is 1.70. The van der Waals surface area contributed by atoms with Crippen LogP contribution in [0.5, 0.6) is 0 Å². The maximum Gasteiger partial charge on any atom is 0.334 e. The van der Waals surface area contributed by atoms with Gasteiger partial charge in [-0.15, -0.1) is 0 Å². The van der Waals surface area contributed by atoms with E-state index in [0.29, 0.717) is 0 Å². The molecule has 0 aromatic rings. The average molecular weight is 216 g/mol. The maximum atomic E-state index is 11.1. The second kappa shape index (κ2) is 5.59.